The van der Waals surface area contributed by atoms with Crippen LogP contribution in [-0.4, -0.2) is 35.3 Å². The largest absolute Gasteiger partial charge is 0.481 e. The number of hydrogen-bond donors (Lipinski definition) is 2. The standard InChI is InChI=1S/C13H21N3O2/c1-18-13-6-12(15-9-16-13)14-7-10-4-2-3-5-11(10)8-17/h6,9-11,17H,2-5,7-8H2,1H3,(H,14,15,16). The van der Waals surface area contributed by atoms with E-state index in [1.807, 2.05) is 0 Å². The maximum absolute atomic E-state index is 9.37. The van der Waals surface area contributed by atoms with Crippen molar-refractivity contribution in [1.29, 1.82) is 0 Å². The second-order valence-corrected chi connectivity index (χ2v) is 4.81. The molecular formula is C13H21N3O2. The van der Waals surface area contributed by atoms with Crippen LogP contribution in [0.2, 0.25) is 0 Å². The predicted molar refractivity (Wildman–Crippen MR) is 69.6 cm³/mol. The Balaban J connectivity index is 1.89. The van der Waals surface area contributed by atoms with Gasteiger partial charge < -0.3 is 15.2 Å². The average molecular weight is 251 g/mol. The summed E-state index contributed by atoms with van der Waals surface area (Å²) in [5, 5.41) is 12.7. The summed E-state index contributed by atoms with van der Waals surface area (Å²) in [6, 6.07) is 1.79. The number of nitrogens with zero attached hydrogens (tertiary/aromatic N) is 2. The third-order valence-corrected chi connectivity index (χ3v) is 3.70. The number of aromatic nitrogens is 2. The molecule has 18 heavy (non-hydrogen) atoms. The van der Waals surface area contributed by atoms with Crippen LogP contribution in [0.1, 0.15) is 25.7 Å². The van der Waals surface area contributed by atoms with E-state index in [1.54, 1.807) is 13.2 Å². The Morgan fingerprint density at radius 3 is 2.83 bits per heavy atom. The van der Waals surface area contributed by atoms with Gasteiger partial charge >= 0.3 is 0 Å². The zero-order valence-electron chi connectivity index (χ0n) is 10.8. The molecule has 1 heterocycles. The molecule has 1 aliphatic carbocycles. The number of ether oxygens (including phenoxy) is 1. The fraction of sp³-hybridized carbons (Fsp3) is 0.692. The fourth-order valence-corrected chi connectivity index (χ4v) is 2.58. The third kappa shape index (κ3) is 3.32. The average Bonchev–Trinajstić information content (AvgIpc) is 2.45. The number of nitrogens with one attached hydrogen (secondary N) is 1. The molecule has 0 bridgehead atoms. The summed E-state index contributed by atoms with van der Waals surface area (Å²) in [6.07, 6.45) is 6.31. The molecule has 1 aliphatic rings. The minimum atomic E-state index is 0.291. The lowest BCUT2D eigenvalue weighted by Crippen LogP contribution is -2.28. The highest BCUT2D eigenvalue weighted by molar-refractivity contribution is 5.37. The molecular weight excluding hydrogens is 230 g/mol. The van der Waals surface area contributed by atoms with Crippen molar-refractivity contribution in [3.05, 3.63) is 12.4 Å². The van der Waals surface area contributed by atoms with Crippen LogP contribution in [0.4, 0.5) is 5.82 Å². The van der Waals surface area contributed by atoms with E-state index in [0.717, 1.165) is 18.8 Å². The SMILES string of the molecule is COc1cc(NCC2CCCCC2CO)ncn1. The molecule has 100 valence electrons. The molecule has 2 rings (SSSR count). The van der Waals surface area contributed by atoms with Crippen LogP contribution in [0.25, 0.3) is 0 Å². The van der Waals surface area contributed by atoms with Gasteiger partial charge in [0.1, 0.15) is 12.1 Å². The van der Waals surface area contributed by atoms with Gasteiger partial charge in [-0.3, -0.25) is 0 Å². The Labute approximate surface area is 108 Å². The monoisotopic (exact) mass is 251 g/mol. The van der Waals surface area contributed by atoms with Gasteiger partial charge in [0.2, 0.25) is 5.88 Å². The van der Waals surface area contributed by atoms with Crippen molar-refractivity contribution in [2.75, 3.05) is 25.6 Å². The Morgan fingerprint density at radius 2 is 2.11 bits per heavy atom. The molecule has 2 N–H and O–H groups in total. The summed E-state index contributed by atoms with van der Waals surface area (Å²) < 4.78 is 5.06. The minimum Gasteiger partial charge on any atom is -0.481 e. The van der Waals surface area contributed by atoms with Crippen LogP contribution < -0.4 is 10.1 Å². The van der Waals surface area contributed by atoms with Gasteiger partial charge in [0.15, 0.2) is 0 Å². The molecule has 5 heteroatoms. The smallest absolute Gasteiger partial charge is 0.218 e. The molecule has 0 saturated heterocycles. The van der Waals surface area contributed by atoms with E-state index < -0.39 is 0 Å². The highest BCUT2D eigenvalue weighted by Crippen LogP contribution is 2.29. The van der Waals surface area contributed by atoms with Gasteiger partial charge in [0, 0.05) is 19.2 Å². The molecule has 1 aromatic rings. The van der Waals surface area contributed by atoms with E-state index in [2.05, 4.69) is 15.3 Å². The summed E-state index contributed by atoms with van der Waals surface area (Å²) in [7, 11) is 1.59. The van der Waals surface area contributed by atoms with E-state index >= 15 is 0 Å². The molecule has 1 aromatic heterocycles. The zero-order chi connectivity index (χ0) is 12.8. The van der Waals surface area contributed by atoms with Crippen LogP contribution in [0.15, 0.2) is 12.4 Å². The topological polar surface area (TPSA) is 67.3 Å². The van der Waals surface area contributed by atoms with Gasteiger partial charge in [-0.15, -0.1) is 0 Å². The molecule has 0 aliphatic heterocycles. The lowest BCUT2D eigenvalue weighted by atomic mass is 9.79. The summed E-state index contributed by atoms with van der Waals surface area (Å²) >= 11 is 0. The molecule has 0 aromatic carbocycles. The van der Waals surface area contributed by atoms with Crippen molar-refractivity contribution < 1.29 is 9.84 Å². The van der Waals surface area contributed by atoms with Crippen molar-refractivity contribution >= 4 is 5.82 Å². The van der Waals surface area contributed by atoms with E-state index in [4.69, 9.17) is 4.74 Å². The highest BCUT2D eigenvalue weighted by Gasteiger charge is 2.24. The van der Waals surface area contributed by atoms with Gasteiger partial charge in [-0.05, 0) is 24.7 Å². The first-order valence-electron chi connectivity index (χ1n) is 6.54. The van der Waals surface area contributed by atoms with Gasteiger partial charge in [-0.2, -0.15) is 0 Å². The van der Waals surface area contributed by atoms with Gasteiger partial charge in [0.05, 0.1) is 7.11 Å². The van der Waals surface area contributed by atoms with Crippen molar-refractivity contribution in [3.8, 4) is 5.88 Å². The highest BCUT2D eigenvalue weighted by atomic mass is 16.5. The van der Waals surface area contributed by atoms with Gasteiger partial charge in [-0.1, -0.05) is 12.8 Å². The molecule has 0 spiro atoms. The maximum atomic E-state index is 9.37. The first-order chi connectivity index (χ1) is 8.83. The fourth-order valence-electron chi connectivity index (χ4n) is 2.58. The predicted octanol–water partition coefficient (Wildman–Crippen LogP) is 1.70. The van der Waals surface area contributed by atoms with Crippen LogP contribution in [0.3, 0.4) is 0 Å². The Bertz CT molecular complexity index is 373. The van der Waals surface area contributed by atoms with E-state index in [0.29, 0.717) is 24.3 Å². The first-order valence-corrected chi connectivity index (χ1v) is 6.54. The molecule has 2 unspecified atom stereocenters. The molecule has 2 atom stereocenters. The van der Waals surface area contributed by atoms with Crippen molar-refractivity contribution in [2.45, 2.75) is 25.7 Å². The van der Waals surface area contributed by atoms with E-state index in [-0.39, 0.29) is 0 Å². The van der Waals surface area contributed by atoms with E-state index in [1.165, 1.54) is 25.6 Å². The maximum Gasteiger partial charge on any atom is 0.218 e. The molecule has 5 nitrogen and oxygen atoms in total. The summed E-state index contributed by atoms with van der Waals surface area (Å²) in [4.78, 5) is 8.13. The number of aliphatic hydroxyl groups excluding tert-OH is 1. The number of hydrogen-bond acceptors (Lipinski definition) is 5. The van der Waals surface area contributed by atoms with Crippen LogP contribution >= 0.6 is 0 Å². The minimum absolute atomic E-state index is 0.291. The van der Waals surface area contributed by atoms with Gasteiger partial charge in [-0.25, -0.2) is 9.97 Å². The number of aliphatic hydroxyl groups is 1. The normalized spacial score (nSPS) is 23.7. The second kappa shape index (κ2) is 6.54. The zero-order valence-corrected chi connectivity index (χ0v) is 10.8. The van der Waals surface area contributed by atoms with Crippen LogP contribution in [0, 0.1) is 11.8 Å². The quantitative estimate of drug-likeness (QED) is 0.833. The summed E-state index contributed by atoms with van der Waals surface area (Å²) in [5.41, 5.74) is 0. The Hall–Kier alpha value is -1.36. The van der Waals surface area contributed by atoms with E-state index in [9.17, 15) is 5.11 Å². The molecule has 1 fully saturated rings. The summed E-state index contributed by atoms with van der Waals surface area (Å²) in [6.45, 7) is 1.14. The number of anilines is 1. The lowest BCUT2D eigenvalue weighted by molar-refractivity contribution is 0.141. The molecule has 0 radical (unpaired) electrons. The van der Waals surface area contributed by atoms with Crippen molar-refractivity contribution in [1.82, 2.24) is 9.97 Å². The number of methoxy groups -OCH3 is 1. The molecule has 0 amide bonds. The lowest BCUT2D eigenvalue weighted by Gasteiger charge is -2.30. The van der Waals surface area contributed by atoms with Crippen molar-refractivity contribution in [3.63, 3.8) is 0 Å². The summed E-state index contributed by atoms with van der Waals surface area (Å²) in [5.74, 6) is 2.30. The Kier molecular flexibility index (Phi) is 4.75. The van der Waals surface area contributed by atoms with Crippen molar-refractivity contribution in [2.24, 2.45) is 11.8 Å². The van der Waals surface area contributed by atoms with Crippen LogP contribution in [-0.2, 0) is 0 Å². The number of rotatable bonds is 5. The molecule has 1 saturated carbocycles. The second-order valence-electron chi connectivity index (χ2n) is 4.81. The van der Waals surface area contributed by atoms with Crippen LogP contribution in [0.5, 0.6) is 5.88 Å². The first kappa shape index (κ1) is 13.1. The third-order valence-electron chi connectivity index (χ3n) is 3.70. The van der Waals surface area contributed by atoms with Gasteiger partial charge in [0.25, 0.3) is 0 Å². The Morgan fingerprint density at radius 1 is 1.33 bits per heavy atom.